The first-order chi connectivity index (χ1) is 18.2. The summed E-state index contributed by atoms with van der Waals surface area (Å²) in [5, 5.41) is 8.90. The van der Waals surface area contributed by atoms with E-state index in [1.165, 1.54) is 12.0 Å². The van der Waals surface area contributed by atoms with Crippen molar-refractivity contribution >= 4 is 11.9 Å². The van der Waals surface area contributed by atoms with E-state index in [1.54, 1.807) is 19.1 Å². The minimum atomic E-state index is -0.847. The fourth-order valence-corrected chi connectivity index (χ4v) is 5.58. The fourth-order valence-electron chi connectivity index (χ4n) is 5.58. The number of allylic oxidation sites excluding steroid dienone is 6. The van der Waals surface area contributed by atoms with Gasteiger partial charge in [-0.25, -0.2) is 0 Å². The van der Waals surface area contributed by atoms with Gasteiger partial charge in [0.15, 0.2) is 0 Å². The molecular formula is C32H46O6. The molecule has 0 aromatic rings. The van der Waals surface area contributed by atoms with Crippen molar-refractivity contribution in [1.82, 2.24) is 0 Å². The van der Waals surface area contributed by atoms with E-state index in [0.717, 1.165) is 44.1 Å². The molecule has 3 aliphatic heterocycles. The molecule has 0 radical (unpaired) electrons. The van der Waals surface area contributed by atoms with Crippen LogP contribution in [0.2, 0.25) is 0 Å². The second kappa shape index (κ2) is 15.2. The number of aliphatic carboxylic acids is 1. The van der Waals surface area contributed by atoms with Gasteiger partial charge in [-0.3, -0.25) is 9.59 Å². The van der Waals surface area contributed by atoms with Crippen LogP contribution in [-0.4, -0.2) is 47.6 Å². The Balaban J connectivity index is 1.77. The molecule has 2 fully saturated rings. The lowest BCUT2D eigenvalue weighted by molar-refractivity contribution is -0.154. The maximum absolute atomic E-state index is 13.1. The molecule has 3 aliphatic rings. The number of esters is 1. The first kappa shape index (κ1) is 30.1. The molecule has 6 heteroatoms. The number of carbonyl (C=O) groups excluding carboxylic acids is 1. The SMILES string of the molecule is CC=C1CC2CC(=O)OC(C=CC=CC=C(C)CC(=O)O)C(C)C=CC(C)CC3CCCC(CC(C1)O2)O3. The van der Waals surface area contributed by atoms with Crippen LogP contribution in [-0.2, 0) is 23.8 Å². The number of carboxylic acids is 1. The summed E-state index contributed by atoms with van der Waals surface area (Å²) in [4.78, 5) is 23.9. The second-order valence-electron chi connectivity index (χ2n) is 11.3. The van der Waals surface area contributed by atoms with Gasteiger partial charge in [0.05, 0.1) is 37.3 Å². The topological polar surface area (TPSA) is 82.1 Å². The lowest BCUT2D eigenvalue weighted by Gasteiger charge is -2.37. The van der Waals surface area contributed by atoms with Gasteiger partial charge in [-0.1, -0.05) is 67.5 Å². The molecule has 2 saturated heterocycles. The summed E-state index contributed by atoms with van der Waals surface area (Å²) in [6.07, 6.45) is 22.8. The summed E-state index contributed by atoms with van der Waals surface area (Å²) >= 11 is 0. The Kier molecular flexibility index (Phi) is 12.1. The predicted molar refractivity (Wildman–Crippen MR) is 150 cm³/mol. The summed E-state index contributed by atoms with van der Waals surface area (Å²) < 4.78 is 18.9. The second-order valence-corrected chi connectivity index (χ2v) is 11.3. The number of hydrogen-bond donors (Lipinski definition) is 1. The third kappa shape index (κ3) is 10.4. The van der Waals surface area contributed by atoms with Gasteiger partial charge in [0.2, 0.25) is 0 Å². The molecule has 210 valence electrons. The summed E-state index contributed by atoms with van der Waals surface area (Å²) in [5.41, 5.74) is 2.11. The third-order valence-electron chi connectivity index (χ3n) is 7.63. The summed E-state index contributed by atoms with van der Waals surface area (Å²) in [6.45, 7) is 8.13. The van der Waals surface area contributed by atoms with Crippen LogP contribution in [0.15, 0.2) is 59.8 Å². The number of ether oxygens (including phenoxy) is 3. The Bertz CT molecular complexity index is 942. The van der Waals surface area contributed by atoms with Crippen molar-refractivity contribution in [2.75, 3.05) is 0 Å². The zero-order chi connectivity index (χ0) is 27.5. The van der Waals surface area contributed by atoms with Gasteiger partial charge in [0.25, 0.3) is 0 Å². The van der Waals surface area contributed by atoms with E-state index in [9.17, 15) is 9.59 Å². The van der Waals surface area contributed by atoms with Gasteiger partial charge in [-0.05, 0) is 64.4 Å². The number of fused-ring (bicyclic) bond motifs is 4. The van der Waals surface area contributed by atoms with Gasteiger partial charge in [-0.2, -0.15) is 0 Å². The Labute approximate surface area is 228 Å². The number of cyclic esters (lactones) is 1. The van der Waals surface area contributed by atoms with Gasteiger partial charge in [-0.15, -0.1) is 0 Å². The maximum Gasteiger partial charge on any atom is 0.309 e. The van der Waals surface area contributed by atoms with Crippen molar-refractivity contribution < 1.29 is 28.9 Å². The molecule has 38 heavy (non-hydrogen) atoms. The lowest BCUT2D eigenvalue weighted by atomic mass is 9.90. The van der Waals surface area contributed by atoms with E-state index >= 15 is 0 Å². The molecule has 7 atom stereocenters. The fraction of sp³-hybridized carbons (Fsp3) is 0.625. The van der Waals surface area contributed by atoms with Crippen molar-refractivity contribution in [3.63, 3.8) is 0 Å². The van der Waals surface area contributed by atoms with E-state index in [0.29, 0.717) is 5.92 Å². The predicted octanol–water partition coefficient (Wildman–Crippen LogP) is 6.88. The van der Waals surface area contributed by atoms with Crippen LogP contribution in [0.4, 0.5) is 0 Å². The highest BCUT2D eigenvalue weighted by atomic mass is 16.5. The molecule has 0 spiro atoms. The lowest BCUT2D eigenvalue weighted by Crippen LogP contribution is -2.37. The molecule has 6 nitrogen and oxygen atoms in total. The van der Waals surface area contributed by atoms with E-state index < -0.39 is 12.1 Å². The molecule has 0 aliphatic carbocycles. The highest BCUT2D eigenvalue weighted by Crippen LogP contribution is 2.33. The molecule has 1 N–H and O–H groups in total. The molecule has 3 heterocycles. The molecule has 0 aromatic carbocycles. The molecule has 3 rings (SSSR count). The van der Waals surface area contributed by atoms with E-state index in [1.807, 2.05) is 18.2 Å². The van der Waals surface area contributed by atoms with Crippen molar-refractivity contribution in [2.45, 2.75) is 116 Å². The van der Waals surface area contributed by atoms with Gasteiger partial charge in [0, 0.05) is 12.3 Å². The van der Waals surface area contributed by atoms with Gasteiger partial charge in [0.1, 0.15) is 6.10 Å². The number of hydrogen-bond acceptors (Lipinski definition) is 5. The average Bonchev–Trinajstić information content (AvgIpc) is 2.85. The van der Waals surface area contributed by atoms with Gasteiger partial charge < -0.3 is 19.3 Å². The van der Waals surface area contributed by atoms with Crippen molar-refractivity contribution in [2.24, 2.45) is 11.8 Å². The molecular weight excluding hydrogens is 480 g/mol. The number of rotatable bonds is 5. The molecule has 4 bridgehead atoms. The standard InChI is InChI=1S/C32H46O6/c1-5-25-18-28-20-27-12-9-11-26(36-27)16-23(3)14-15-24(4)30(38-32(35)21-29(19-25)37-28)13-8-6-7-10-22(2)17-31(33)34/h5-8,10,13-15,23-24,26-30H,9,11-12,16-21H2,1-4H3,(H,33,34). The zero-order valence-corrected chi connectivity index (χ0v) is 23.5. The van der Waals surface area contributed by atoms with Crippen molar-refractivity contribution in [3.05, 3.63) is 59.8 Å². The molecule has 0 aromatic heterocycles. The van der Waals surface area contributed by atoms with E-state index in [-0.39, 0.29) is 49.1 Å². The Morgan fingerprint density at radius 2 is 1.68 bits per heavy atom. The van der Waals surface area contributed by atoms with Crippen LogP contribution in [0.3, 0.4) is 0 Å². The quantitative estimate of drug-likeness (QED) is 0.239. The van der Waals surface area contributed by atoms with Crippen LogP contribution < -0.4 is 0 Å². The van der Waals surface area contributed by atoms with Crippen LogP contribution in [0, 0.1) is 11.8 Å². The molecule has 7 unspecified atom stereocenters. The zero-order valence-electron chi connectivity index (χ0n) is 23.5. The Hall–Kier alpha value is -2.44. The van der Waals surface area contributed by atoms with Crippen LogP contribution in [0.5, 0.6) is 0 Å². The van der Waals surface area contributed by atoms with Crippen LogP contribution >= 0.6 is 0 Å². The maximum atomic E-state index is 13.1. The summed E-state index contributed by atoms with van der Waals surface area (Å²) in [7, 11) is 0. The van der Waals surface area contributed by atoms with Crippen molar-refractivity contribution in [1.29, 1.82) is 0 Å². The molecule has 0 amide bonds. The Morgan fingerprint density at radius 1 is 0.974 bits per heavy atom. The normalized spacial score (nSPS) is 35.1. The first-order valence-electron chi connectivity index (χ1n) is 14.3. The van der Waals surface area contributed by atoms with Crippen LogP contribution in [0.25, 0.3) is 0 Å². The summed E-state index contributed by atoms with van der Waals surface area (Å²) in [6, 6.07) is 0. The number of carboxylic acid groups (broad SMARTS) is 1. The Morgan fingerprint density at radius 3 is 2.42 bits per heavy atom. The summed E-state index contributed by atoms with van der Waals surface area (Å²) in [5.74, 6) is -0.743. The third-order valence-corrected chi connectivity index (χ3v) is 7.63. The number of carbonyl (C=O) groups is 2. The van der Waals surface area contributed by atoms with E-state index in [4.69, 9.17) is 19.3 Å². The average molecular weight is 527 g/mol. The van der Waals surface area contributed by atoms with Gasteiger partial charge >= 0.3 is 11.9 Å². The largest absolute Gasteiger partial charge is 0.481 e. The smallest absolute Gasteiger partial charge is 0.309 e. The first-order valence-corrected chi connectivity index (χ1v) is 14.3. The van der Waals surface area contributed by atoms with Crippen LogP contribution in [0.1, 0.15) is 85.5 Å². The minimum absolute atomic E-state index is 0.00520. The van der Waals surface area contributed by atoms with Crippen molar-refractivity contribution in [3.8, 4) is 0 Å². The molecule has 0 saturated carbocycles. The highest BCUT2D eigenvalue weighted by Gasteiger charge is 2.32. The van der Waals surface area contributed by atoms with E-state index in [2.05, 4.69) is 39.0 Å². The monoisotopic (exact) mass is 526 g/mol. The minimum Gasteiger partial charge on any atom is -0.481 e. The highest BCUT2D eigenvalue weighted by molar-refractivity contribution is 5.70.